The van der Waals surface area contributed by atoms with Crippen molar-refractivity contribution in [3.8, 4) is 0 Å². The van der Waals surface area contributed by atoms with Gasteiger partial charge in [0.15, 0.2) is 13.9 Å². The van der Waals surface area contributed by atoms with Gasteiger partial charge in [0.1, 0.15) is 0 Å². The summed E-state index contributed by atoms with van der Waals surface area (Å²) in [6, 6.07) is 0. The van der Waals surface area contributed by atoms with Gasteiger partial charge in [0.2, 0.25) is 5.91 Å². The third-order valence-corrected chi connectivity index (χ3v) is 8.70. The van der Waals surface area contributed by atoms with Crippen LogP contribution in [0.5, 0.6) is 0 Å². The summed E-state index contributed by atoms with van der Waals surface area (Å²) in [5, 5.41) is 2.79. The van der Waals surface area contributed by atoms with Crippen LogP contribution in [-0.2, 0) is 18.8 Å². The summed E-state index contributed by atoms with van der Waals surface area (Å²) in [6.07, 6.45) is 0.781. The summed E-state index contributed by atoms with van der Waals surface area (Å²) >= 11 is 0. The second-order valence-electron chi connectivity index (χ2n) is 6.67. The fourth-order valence-electron chi connectivity index (χ4n) is 1.75. The molecule has 0 unspecified atom stereocenters. The van der Waals surface area contributed by atoms with Crippen molar-refractivity contribution in [1.29, 1.82) is 0 Å². The minimum atomic E-state index is -1.96. The standard InChI is InChI=1S/C13H25NO4Si/c1-12(2,3)19(5,6)18-9-13(11(16)17-4)8-7-10(15)14-13/h7-9H2,1-6H3,(H,14,15)/t13-/m1/s1. The summed E-state index contributed by atoms with van der Waals surface area (Å²) in [5.74, 6) is -0.540. The topological polar surface area (TPSA) is 64.6 Å². The highest BCUT2D eigenvalue weighted by molar-refractivity contribution is 6.74. The van der Waals surface area contributed by atoms with Crippen molar-refractivity contribution < 1.29 is 18.8 Å². The van der Waals surface area contributed by atoms with Gasteiger partial charge >= 0.3 is 5.97 Å². The molecule has 1 fully saturated rings. The molecule has 6 heteroatoms. The number of amides is 1. The van der Waals surface area contributed by atoms with Gasteiger partial charge in [-0.3, -0.25) is 4.79 Å². The third kappa shape index (κ3) is 3.36. The molecule has 0 spiro atoms. The summed E-state index contributed by atoms with van der Waals surface area (Å²) in [5.41, 5.74) is -0.999. The average molecular weight is 287 g/mol. The minimum absolute atomic E-state index is 0.0624. The largest absolute Gasteiger partial charge is 0.467 e. The van der Waals surface area contributed by atoms with Gasteiger partial charge in [0.25, 0.3) is 0 Å². The maximum absolute atomic E-state index is 11.9. The fourth-order valence-corrected chi connectivity index (χ4v) is 2.79. The molecule has 0 aromatic carbocycles. The third-order valence-electron chi connectivity index (χ3n) is 4.22. The SMILES string of the molecule is COC(=O)[C@]1(CO[Si](C)(C)C(C)(C)C)CCC(=O)N1. The first-order chi connectivity index (χ1) is 8.54. The van der Waals surface area contributed by atoms with Crippen molar-refractivity contribution in [2.75, 3.05) is 13.7 Å². The van der Waals surface area contributed by atoms with E-state index in [1.54, 1.807) is 0 Å². The number of methoxy groups -OCH3 is 1. The lowest BCUT2D eigenvalue weighted by molar-refractivity contribution is -0.150. The number of carbonyl (C=O) groups is 2. The molecule has 1 atom stereocenters. The normalized spacial score (nSPS) is 24.2. The van der Waals surface area contributed by atoms with Gasteiger partial charge in [0, 0.05) is 6.42 Å². The summed E-state index contributed by atoms with van der Waals surface area (Å²) in [6.45, 7) is 10.8. The number of esters is 1. The van der Waals surface area contributed by atoms with E-state index in [0.717, 1.165) is 0 Å². The molecule has 1 rings (SSSR count). The lowest BCUT2D eigenvalue weighted by atomic mass is 9.99. The molecule has 0 bridgehead atoms. The van der Waals surface area contributed by atoms with Crippen LogP contribution in [-0.4, -0.2) is 39.4 Å². The fraction of sp³-hybridized carbons (Fsp3) is 0.846. The lowest BCUT2D eigenvalue weighted by Crippen LogP contribution is -2.56. The van der Waals surface area contributed by atoms with E-state index in [9.17, 15) is 9.59 Å². The molecule has 0 saturated carbocycles. The van der Waals surface area contributed by atoms with Crippen molar-refractivity contribution >= 4 is 20.2 Å². The highest BCUT2D eigenvalue weighted by atomic mass is 28.4. The number of hydrogen-bond donors (Lipinski definition) is 1. The maximum Gasteiger partial charge on any atom is 0.333 e. The molecular formula is C13H25NO4Si. The molecule has 1 saturated heterocycles. The monoisotopic (exact) mass is 287 g/mol. The first kappa shape index (κ1) is 16.2. The predicted octanol–water partition coefficient (Wildman–Crippen LogP) is 1.83. The Morgan fingerprint density at radius 3 is 2.37 bits per heavy atom. The van der Waals surface area contributed by atoms with E-state index in [0.29, 0.717) is 12.8 Å². The van der Waals surface area contributed by atoms with Crippen LogP contribution in [0.4, 0.5) is 0 Å². The molecule has 110 valence electrons. The lowest BCUT2D eigenvalue weighted by Gasteiger charge is -2.39. The van der Waals surface area contributed by atoms with E-state index in [2.05, 4.69) is 39.2 Å². The molecular weight excluding hydrogens is 262 g/mol. The second-order valence-corrected chi connectivity index (χ2v) is 11.5. The second kappa shape index (κ2) is 5.24. The highest BCUT2D eigenvalue weighted by Crippen LogP contribution is 2.37. The number of ether oxygens (including phenoxy) is 1. The number of hydrogen-bond acceptors (Lipinski definition) is 4. The van der Waals surface area contributed by atoms with Gasteiger partial charge in [-0.15, -0.1) is 0 Å². The molecule has 0 aromatic heterocycles. The number of carbonyl (C=O) groups excluding carboxylic acids is 2. The van der Waals surface area contributed by atoms with E-state index >= 15 is 0 Å². The summed E-state index contributed by atoms with van der Waals surface area (Å²) in [7, 11) is -0.625. The van der Waals surface area contributed by atoms with E-state index in [1.807, 2.05) is 0 Å². The van der Waals surface area contributed by atoms with Crippen molar-refractivity contribution in [3.63, 3.8) is 0 Å². The number of rotatable bonds is 4. The average Bonchev–Trinajstić information content (AvgIpc) is 2.67. The van der Waals surface area contributed by atoms with Crippen LogP contribution < -0.4 is 5.32 Å². The first-order valence-electron chi connectivity index (χ1n) is 6.57. The van der Waals surface area contributed by atoms with Crippen LogP contribution in [0.25, 0.3) is 0 Å². The Labute approximate surface area is 116 Å². The quantitative estimate of drug-likeness (QED) is 0.633. The van der Waals surface area contributed by atoms with Gasteiger partial charge in [0.05, 0.1) is 13.7 Å². The van der Waals surface area contributed by atoms with Gasteiger partial charge < -0.3 is 14.5 Å². The van der Waals surface area contributed by atoms with Crippen LogP contribution in [0.2, 0.25) is 18.1 Å². The van der Waals surface area contributed by atoms with Gasteiger partial charge in [-0.25, -0.2) is 4.79 Å². The molecule has 1 heterocycles. The molecule has 1 amide bonds. The highest BCUT2D eigenvalue weighted by Gasteiger charge is 2.48. The molecule has 1 aliphatic heterocycles. The predicted molar refractivity (Wildman–Crippen MR) is 75.3 cm³/mol. The van der Waals surface area contributed by atoms with Crippen LogP contribution in [0, 0.1) is 0 Å². The van der Waals surface area contributed by atoms with Gasteiger partial charge in [-0.2, -0.15) is 0 Å². The van der Waals surface area contributed by atoms with Crippen LogP contribution in [0.3, 0.4) is 0 Å². The van der Waals surface area contributed by atoms with Gasteiger partial charge in [-0.05, 0) is 24.6 Å². The Balaban J connectivity index is 2.82. The Kier molecular flexibility index (Phi) is 4.46. The van der Waals surface area contributed by atoms with Crippen LogP contribution in [0.15, 0.2) is 0 Å². The Morgan fingerprint density at radius 1 is 1.42 bits per heavy atom. The minimum Gasteiger partial charge on any atom is -0.467 e. The van der Waals surface area contributed by atoms with Crippen molar-refractivity contribution in [1.82, 2.24) is 5.32 Å². The van der Waals surface area contributed by atoms with Crippen molar-refractivity contribution in [2.24, 2.45) is 0 Å². The first-order valence-corrected chi connectivity index (χ1v) is 9.48. The summed E-state index contributed by atoms with van der Waals surface area (Å²) in [4.78, 5) is 23.4. The van der Waals surface area contributed by atoms with E-state index in [-0.39, 0.29) is 17.6 Å². The Morgan fingerprint density at radius 2 is 2.00 bits per heavy atom. The zero-order chi connectivity index (χ0) is 14.9. The van der Waals surface area contributed by atoms with Crippen LogP contribution >= 0.6 is 0 Å². The van der Waals surface area contributed by atoms with E-state index in [1.165, 1.54) is 7.11 Å². The molecule has 19 heavy (non-hydrogen) atoms. The molecule has 1 aliphatic rings. The van der Waals surface area contributed by atoms with Gasteiger partial charge in [-0.1, -0.05) is 20.8 Å². The molecule has 0 radical (unpaired) electrons. The van der Waals surface area contributed by atoms with E-state index < -0.39 is 19.8 Å². The molecule has 0 aliphatic carbocycles. The number of nitrogens with one attached hydrogen (secondary N) is 1. The molecule has 5 nitrogen and oxygen atoms in total. The molecule has 0 aromatic rings. The smallest absolute Gasteiger partial charge is 0.333 e. The Hall–Kier alpha value is -0.883. The molecule has 1 N–H and O–H groups in total. The van der Waals surface area contributed by atoms with Crippen LogP contribution in [0.1, 0.15) is 33.6 Å². The zero-order valence-corrected chi connectivity index (χ0v) is 13.8. The zero-order valence-electron chi connectivity index (χ0n) is 12.8. The Bertz CT molecular complexity index is 375. The van der Waals surface area contributed by atoms with Crippen molar-refractivity contribution in [3.05, 3.63) is 0 Å². The van der Waals surface area contributed by atoms with Crippen molar-refractivity contribution in [2.45, 2.75) is 57.3 Å². The maximum atomic E-state index is 11.9. The summed E-state index contributed by atoms with van der Waals surface area (Å²) < 4.78 is 10.9. The van der Waals surface area contributed by atoms with E-state index in [4.69, 9.17) is 9.16 Å².